The van der Waals surface area contributed by atoms with Gasteiger partial charge in [0.25, 0.3) is 0 Å². The first kappa shape index (κ1) is 11.7. The Kier molecular flexibility index (Phi) is 3.14. The van der Waals surface area contributed by atoms with E-state index >= 15 is 0 Å². The maximum absolute atomic E-state index is 12.2. The molecular formula is C15H14N2O2. The number of esters is 1. The van der Waals surface area contributed by atoms with Crippen LogP contribution in [0, 0.1) is 0 Å². The van der Waals surface area contributed by atoms with Crippen LogP contribution in [-0.4, -0.2) is 17.5 Å². The number of benzene rings is 1. The van der Waals surface area contributed by atoms with Crippen LogP contribution in [-0.2, 0) is 6.42 Å². The zero-order chi connectivity index (χ0) is 13.1. The fourth-order valence-corrected chi connectivity index (χ4v) is 2.27. The van der Waals surface area contributed by atoms with E-state index in [0.29, 0.717) is 11.3 Å². The van der Waals surface area contributed by atoms with Crippen LogP contribution in [0.4, 0.5) is 5.69 Å². The molecule has 0 spiro atoms. The molecule has 2 aromatic rings. The van der Waals surface area contributed by atoms with Gasteiger partial charge in [0.2, 0.25) is 0 Å². The van der Waals surface area contributed by atoms with Crippen molar-refractivity contribution < 1.29 is 9.53 Å². The number of nitrogens with zero attached hydrogens (tertiary/aromatic N) is 1. The molecule has 0 aliphatic carbocycles. The Morgan fingerprint density at radius 1 is 1.21 bits per heavy atom. The van der Waals surface area contributed by atoms with Crippen LogP contribution >= 0.6 is 0 Å². The lowest BCUT2D eigenvalue weighted by atomic mass is 9.98. The number of nitrogens with one attached hydrogen (secondary N) is 1. The zero-order valence-corrected chi connectivity index (χ0v) is 10.4. The molecule has 1 aromatic heterocycles. The summed E-state index contributed by atoms with van der Waals surface area (Å²) in [5.74, 6) is 0.202. The number of pyridine rings is 1. The van der Waals surface area contributed by atoms with Crippen molar-refractivity contribution in [3.63, 3.8) is 0 Å². The standard InChI is InChI=1S/C15H14N2O2/c18-15(19-11-6-9-16-10-7-11)13-3-1-5-14-12(13)4-2-8-17-14/h1,3,5-7,9-10,17H,2,4,8H2. The summed E-state index contributed by atoms with van der Waals surface area (Å²) in [4.78, 5) is 16.1. The van der Waals surface area contributed by atoms with Crippen LogP contribution in [0.1, 0.15) is 22.3 Å². The second-order valence-electron chi connectivity index (χ2n) is 4.43. The number of rotatable bonds is 2. The molecular weight excluding hydrogens is 240 g/mol. The summed E-state index contributed by atoms with van der Waals surface area (Å²) < 4.78 is 5.36. The topological polar surface area (TPSA) is 51.2 Å². The number of aromatic nitrogens is 1. The number of carbonyl (C=O) groups excluding carboxylic acids is 1. The number of anilines is 1. The molecule has 1 aliphatic heterocycles. The molecule has 19 heavy (non-hydrogen) atoms. The van der Waals surface area contributed by atoms with Crippen LogP contribution in [0.15, 0.2) is 42.7 Å². The zero-order valence-electron chi connectivity index (χ0n) is 10.4. The molecule has 3 rings (SSSR count). The highest BCUT2D eigenvalue weighted by Crippen LogP contribution is 2.26. The first-order chi connectivity index (χ1) is 9.34. The van der Waals surface area contributed by atoms with E-state index in [9.17, 15) is 4.79 Å². The van der Waals surface area contributed by atoms with Crippen molar-refractivity contribution in [2.75, 3.05) is 11.9 Å². The normalized spacial score (nSPS) is 13.3. The van der Waals surface area contributed by atoms with Gasteiger partial charge in [-0.25, -0.2) is 4.79 Å². The Morgan fingerprint density at radius 3 is 2.89 bits per heavy atom. The molecule has 0 atom stereocenters. The third-order valence-electron chi connectivity index (χ3n) is 3.18. The molecule has 1 N–H and O–H groups in total. The van der Waals surface area contributed by atoms with Crippen molar-refractivity contribution in [1.82, 2.24) is 4.98 Å². The van der Waals surface area contributed by atoms with E-state index in [0.717, 1.165) is 30.6 Å². The third-order valence-corrected chi connectivity index (χ3v) is 3.18. The Balaban J connectivity index is 1.88. The molecule has 2 heterocycles. The highest BCUT2D eigenvalue weighted by atomic mass is 16.5. The molecule has 4 heteroatoms. The van der Waals surface area contributed by atoms with Gasteiger partial charge in [0.05, 0.1) is 5.56 Å². The first-order valence-corrected chi connectivity index (χ1v) is 6.32. The quantitative estimate of drug-likeness (QED) is 0.837. The number of fused-ring (bicyclic) bond motifs is 1. The molecule has 1 aliphatic rings. The SMILES string of the molecule is O=C(Oc1ccncc1)c1cccc2c1CCCN2. The smallest absolute Gasteiger partial charge is 0.343 e. The highest BCUT2D eigenvalue weighted by Gasteiger charge is 2.18. The number of ether oxygens (including phenoxy) is 1. The number of hydrogen-bond donors (Lipinski definition) is 1. The van der Waals surface area contributed by atoms with Gasteiger partial charge in [0.1, 0.15) is 5.75 Å². The highest BCUT2D eigenvalue weighted by molar-refractivity contribution is 5.94. The molecule has 0 fully saturated rings. The van der Waals surface area contributed by atoms with Gasteiger partial charge >= 0.3 is 5.97 Å². The maximum atomic E-state index is 12.2. The minimum atomic E-state index is -0.313. The van der Waals surface area contributed by atoms with E-state index in [4.69, 9.17) is 4.74 Å². The molecule has 0 saturated heterocycles. The molecule has 96 valence electrons. The molecule has 0 unspecified atom stereocenters. The van der Waals surface area contributed by atoms with Crippen molar-refractivity contribution in [2.45, 2.75) is 12.8 Å². The molecule has 0 bridgehead atoms. The average molecular weight is 254 g/mol. The largest absolute Gasteiger partial charge is 0.423 e. The van der Waals surface area contributed by atoms with Gasteiger partial charge in [0, 0.05) is 24.6 Å². The predicted molar refractivity (Wildman–Crippen MR) is 72.4 cm³/mol. The molecule has 0 radical (unpaired) electrons. The van der Waals surface area contributed by atoms with Crippen LogP contribution in [0.5, 0.6) is 5.75 Å². The summed E-state index contributed by atoms with van der Waals surface area (Å²) in [6.45, 7) is 0.954. The maximum Gasteiger partial charge on any atom is 0.343 e. The van der Waals surface area contributed by atoms with E-state index in [-0.39, 0.29) is 5.97 Å². The summed E-state index contributed by atoms with van der Waals surface area (Å²) in [5, 5.41) is 3.30. The summed E-state index contributed by atoms with van der Waals surface area (Å²) in [6.07, 6.45) is 5.14. The average Bonchev–Trinajstić information content (AvgIpc) is 2.47. The van der Waals surface area contributed by atoms with Gasteiger partial charge in [-0.3, -0.25) is 4.98 Å². The lowest BCUT2D eigenvalue weighted by Crippen LogP contribution is -2.18. The van der Waals surface area contributed by atoms with E-state index in [1.54, 1.807) is 24.5 Å². The minimum Gasteiger partial charge on any atom is -0.423 e. The van der Waals surface area contributed by atoms with Crippen LogP contribution in [0.3, 0.4) is 0 Å². The van der Waals surface area contributed by atoms with E-state index in [2.05, 4.69) is 10.3 Å². The predicted octanol–water partition coefficient (Wildman–Crippen LogP) is 2.66. The molecule has 1 aromatic carbocycles. The number of hydrogen-bond acceptors (Lipinski definition) is 4. The van der Waals surface area contributed by atoms with Crippen molar-refractivity contribution in [3.8, 4) is 5.75 Å². The fraction of sp³-hybridized carbons (Fsp3) is 0.200. The Bertz CT molecular complexity index is 596. The third kappa shape index (κ3) is 2.42. The fourth-order valence-electron chi connectivity index (χ4n) is 2.27. The van der Waals surface area contributed by atoms with Gasteiger partial charge in [-0.1, -0.05) is 6.07 Å². The second kappa shape index (κ2) is 5.10. The Labute approximate surface area is 111 Å². The van der Waals surface area contributed by atoms with Crippen molar-refractivity contribution >= 4 is 11.7 Å². The molecule has 0 saturated carbocycles. The first-order valence-electron chi connectivity index (χ1n) is 6.32. The summed E-state index contributed by atoms with van der Waals surface area (Å²) in [7, 11) is 0. The van der Waals surface area contributed by atoms with Gasteiger partial charge in [-0.05, 0) is 42.7 Å². The second-order valence-corrected chi connectivity index (χ2v) is 4.43. The van der Waals surface area contributed by atoms with Crippen molar-refractivity contribution in [1.29, 1.82) is 0 Å². The van der Waals surface area contributed by atoms with Crippen LogP contribution < -0.4 is 10.1 Å². The van der Waals surface area contributed by atoms with Gasteiger partial charge < -0.3 is 10.1 Å². The lowest BCUT2D eigenvalue weighted by molar-refractivity contribution is 0.0733. The molecule has 0 amide bonds. The van der Waals surface area contributed by atoms with Gasteiger partial charge in [-0.15, -0.1) is 0 Å². The van der Waals surface area contributed by atoms with Gasteiger partial charge in [-0.2, -0.15) is 0 Å². The number of carbonyl (C=O) groups is 1. The Hall–Kier alpha value is -2.36. The summed E-state index contributed by atoms with van der Waals surface area (Å²) in [6, 6.07) is 9.03. The van der Waals surface area contributed by atoms with E-state index in [1.807, 2.05) is 18.2 Å². The summed E-state index contributed by atoms with van der Waals surface area (Å²) in [5.41, 5.74) is 2.73. The molecule has 4 nitrogen and oxygen atoms in total. The van der Waals surface area contributed by atoms with Crippen LogP contribution in [0.2, 0.25) is 0 Å². The van der Waals surface area contributed by atoms with E-state index in [1.165, 1.54) is 0 Å². The van der Waals surface area contributed by atoms with Crippen molar-refractivity contribution in [3.05, 3.63) is 53.9 Å². The van der Waals surface area contributed by atoms with Gasteiger partial charge in [0.15, 0.2) is 0 Å². The Morgan fingerprint density at radius 2 is 2.05 bits per heavy atom. The monoisotopic (exact) mass is 254 g/mol. The van der Waals surface area contributed by atoms with Crippen LogP contribution in [0.25, 0.3) is 0 Å². The minimum absolute atomic E-state index is 0.313. The van der Waals surface area contributed by atoms with E-state index < -0.39 is 0 Å². The van der Waals surface area contributed by atoms with Crippen molar-refractivity contribution in [2.24, 2.45) is 0 Å². The lowest BCUT2D eigenvalue weighted by Gasteiger charge is -2.20. The summed E-state index contributed by atoms with van der Waals surface area (Å²) >= 11 is 0.